The van der Waals surface area contributed by atoms with Gasteiger partial charge < -0.3 is 9.15 Å². The van der Waals surface area contributed by atoms with E-state index in [4.69, 9.17) is 9.15 Å². The van der Waals surface area contributed by atoms with Crippen LogP contribution in [0.25, 0.3) is 11.0 Å². The zero-order valence-corrected chi connectivity index (χ0v) is 7.41. The summed E-state index contributed by atoms with van der Waals surface area (Å²) in [5.74, 6) is 0. The van der Waals surface area contributed by atoms with Crippen LogP contribution in [-0.2, 0) is 11.3 Å². The number of fused-ring (bicyclic) bond motifs is 2. The molecule has 1 aliphatic heterocycles. The third kappa shape index (κ3) is 0.923. The van der Waals surface area contributed by atoms with E-state index in [1.165, 1.54) is 11.1 Å². The lowest BCUT2D eigenvalue weighted by atomic mass is 10.0. The van der Waals surface area contributed by atoms with Crippen molar-refractivity contribution in [3.8, 4) is 0 Å². The van der Waals surface area contributed by atoms with Crippen molar-refractivity contribution in [2.45, 2.75) is 19.6 Å². The zero-order chi connectivity index (χ0) is 8.84. The largest absolute Gasteiger partial charge is 0.464 e. The lowest BCUT2D eigenvalue weighted by molar-refractivity contribution is 0.0796. The van der Waals surface area contributed by atoms with Crippen LogP contribution in [0, 0.1) is 0 Å². The molecular weight excluding hydrogens is 164 g/mol. The first-order chi connectivity index (χ1) is 6.34. The Labute approximate surface area is 76.1 Å². The maximum Gasteiger partial charge on any atom is 0.134 e. The minimum Gasteiger partial charge on any atom is -0.464 e. The smallest absolute Gasteiger partial charge is 0.134 e. The molecule has 2 heterocycles. The second-order valence-electron chi connectivity index (χ2n) is 3.46. The molecule has 2 aromatic rings. The Balaban J connectivity index is 2.34. The summed E-state index contributed by atoms with van der Waals surface area (Å²) in [6.45, 7) is 2.80. The predicted octanol–water partition coefficient (Wildman–Crippen LogP) is 3.02. The molecule has 2 heteroatoms. The van der Waals surface area contributed by atoms with Crippen molar-refractivity contribution in [1.29, 1.82) is 0 Å². The van der Waals surface area contributed by atoms with E-state index in [1.807, 2.05) is 6.07 Å². The summed E-state index contributed by atoms with van der Waals surface area (Å²) in [7, 11) is 0. The standard InChI is InChI=1S/C11H10O2/c1-7-10-5-11-8(2-3-12-11)4-9(10)6-13-7/h2-5,7H,6H2,1H3. The molecule has 2 nitrogen and oxygen atoms in total. The van der Waals surface area contributed by atoms with Crippen LogP contribution in [0.1, 0.15) is 24.2 Å². The van der Waals surface area contributed by atoms with E-state index in [0.717, 1.165) is 17.6 Å². The SMILES string of the molecule is CC1OCc2cc3ccoc3cc21. The third-order valence-corrected chi connectivity index (χ3v) is 2.64. The molecule has 0 fully saturated rings. The van der Waals surface area contributed by atoms with E-state index >= 15 is 0 Å². The van der Waals surface area contributed by atoms with Crippen LogP contribution in [0.2, 0.25) is 0 Å². The summed E-state index contributed by atoms with van der Waals surface area (Å²) < 4.78 is 10.9. The number of hydrogen-bond acceptors (Lipinski definition) is 2. The Morgan fingerprint density at radius 1 is 1.38 bits per heavy atom. The zero-order valence-electron chi connectivity index (χ0n) is 7.41. The first-order valence-corrected chi connectivity index (χ1v) is 4.46. The average Bonchev–Trinajstić information content (AvgIpc) is 2.70. The number of rotatable bonds is 0. The Morgan fingerprint density at radius 2 is 2.31 bits per heavy atom. The maximum atomic E-state index is 5.52. The summed E-state index contributed by atoms with van der Waals surface area (Å²) in [4.78, 5) is 0. The quantitative estimate of drug-likeness (QED) is 0.612. The van der Waals surface area contributed by atoms with E-state index in [0.29, 0.717) is 0 Å². The molecule has 1 aromatic carbocycles. The molecule has 0 saturated carbocycles. The molecule has 0 aliphatic carbocycles. The normalized spacial score (nSPS) is 20.8. The minimum absolute atomic E-state index is 0.212. The average molecular weight is 174 g/mol. The van der Waals surface area contributed by atoms with E-state index in [9.17, 15) is 0 Å². The summed E-state index contributed by atoms with van der Waals surface area (Å²) in [6, 6.07) is 6.22. The van der Waals surface area contributed by atoms with E-state index < -0.39 is 0 Å². The first kappa shape index (κ1) is 7.15. The van der Waals surface area contributed by atoms with Gasteiger partial charge in [0.1, 0.15) is 5.58 Å². The van der Waals surface area contributed by atoms with Gasteiger partial charge in [0.2, 0.25) is 0 Å². The molecule has 66 valence electrons. The van der Waals surface area contributed by atoms with E-state index in [-0.39, 0.29) is 6.10 Å². The third-order valence-electron chi connectivity index (χ3n) is 2.64. The Bertz CT molecular complexity index is 456. The molecule has 3 rings (SSSR count). The van der Waals surface area contributed by atoms with Crippen molar-refractivity contribution < 1.29 is 9.15 Å². The van der Waals surface area contributed by atoms with Crippen LogP contribution in [-0.4, -0.2) is 0 Å². The van der Waals surface area contributed by atoms with Gasteiger partial charge in [0, 0.05) is 5.39 Å². The molecule has 0 N–H and O–H groups in total. The number of hydrogen-bond donors (Lipinski definition) is 0. The first-order valence-electron chi connectivity index (χ1n) is 4.46. The second-order valence-corrected chi connectivity index (χ2v) is 3.46. The van der Waals surface area contributed by atoms with Crippen LogP contribution < -0.4 is 0 Å². The maximum absolute atomic E-state index is 5.52. The lowest BCUT2D eigenvalue weighted by Gasteiger charge is -2.01. The summed E-state index contributed by atoms with van der Waals surface area (Å²) in [5, 5.41) is 1.16. The lowest BCUT2D eigenvalue weighted by Crippen LogP contribution is -1.86. The van der Waals surface area contributed by atoms with Crippen molar-refractivity contribution in [2.75, 3.05) is 0 Å². The van der Waals surface area contributed by atoms with Crippen molar-refractivity contribution >= 4 is 11.0 Å². The van der Waals surface area contributed by atoms with Crippen molar-refractivity contribution in [3.63, 3.8) is 0 Å². The number of furan rings is 1. The molecule has 0 spiro atoms. The fourth-order valence-electron chi connectivity index (χ4n) is 1.88. The highest BCUT2D eigenvalue weighted by Gasteiger charge is 2.19. The summed E-state index contributed by atoms with van der Waals surface area (Å²) in [5.41, 5.74) is 3.51. The minimum atomic E-state index is 0.212. The molecule has 1 atom stereocenters. The second kappa shape index (κ2) is 2.36. The number of benzene rings is 1. The highest BCUT2D eigenvalue weighted by Crippen LogP contribution is 2.33. The molecule has 13 heavy (non-hydrogen) atoms. The van der Waals surface area contributed by atoms with Crippen LogP contribution >= 0.6 is 0 Å². The Kier molecular flexibility index (Phi) is 1.30. The molecular formula is C11H10O2. The molecule has 1 aromatic heterocycles. The van der Waals surface area contributed by atoms with Crippen molar-refractivity contribution in [2.24, 2.45) is 0 Å². The monoisotopic (exact) mass is 174 g/mol. The van der Waals surface area contributed by atoms with Gasteiger partial charge in [-0.3, -0.25) is 0 Å². The Morgan fingerprint density at radius 3 is 3.23 bits per heavy atom. The molecule has 1 aliphatic rings. The van der Waals surface area contributed by atoms with Gasteiger partial charge in [0.25, 0.3) is 0 Å². The van der Waals surface area contributed by atoms with Gasteiger partial charge in [-0.05, 0) is 36.2 Å². The van der Waals surface area contributed by atoms with Crippen LogP contribution in [0.3, 0.4) is 0 Å². The van der Waals surface area contributed by atoms with Gasteiger partial charge in [-0.2, -0.15) is 0 Å². The van der Waals surface area contributed by atoms with Crippen molar-refractivity contribution in [1.82, 2.24) is 0 Å². The highest BCUT2D eigenvalue weighted by molar-refractivity contribution is 5.79. The van der Waals surface area contributed by atoms with Crippen LogP contribution in [0.5, 0.6) is 0 Å². The fraction of sp³-hybridized carbons (Fsp3) is 0.273. The van der Waals surface area contributed by atoms with Gasteiger partial charge in [-0.15, -0.1) is 0 Å². The molecule has 0 saturated heterocycles. The van der Waals surface area contributed by atoms with Gasteiger partial charge in [-0.25, -0.2) is 0 Å². The highest BCUT2D eigenvalue weighted by atomic mass is 16.5. The van der Waals surface area contributed by atoms with Crippen molar-refractivity contribution in [3.05, 3.63) is 35.6 Å². The van der Waals surface area contributed by atoms with E-state index in [1.54, 1.807) is 6.26 Å². The van der Waals surface area contributed by atoms with Gasteiger partial charge >= 0.3 is 0 Å². The van der Waals surface area contributed by atoms with Gasteiger partial charge in [0.05, 0.1) is 19.0 Å². The predicted molar refractivity (Wildman–Crippen MR) is 49.4 cm³/mol. The summed E-state index contributed by atoms with van der Waals surface area (Å²) >= 11 is 0. The Hall–Kier alpha value is -1.28. The van der Waals surface area contributed by atoms with Gasteiger partial charge in [-0.1, -0.05) is 0 Å². The fourth-order valence-corrected chi connectivity index (χ4v) is 1.88. The molecule has 0 amide bonds. The van der Waals surface area contributed by atoms with Gasteiger partial charge in [0.15, 0.2) is 0 Å². The van der Waals surface area contributed by atoms with E-state index in [2.05, 4.69) is 19.1 Å². The van der Waals surface area contributed by atoms with Crippen LogP contribution in [0.15, 0.2) is 28.9 Å². The topological polar surface area (TPSA) is 22.4 Å². The molecule has 0 bridgehead atoms. The number of ether oxygens (including phenoxy) is 1. The molecule has 1 unspecified atom stereocenters. The van der Waals surface area contributed by atoms with Crippen LogP contribution in [0.4, 0.5) is 0 Å². The summed E-state index contributed by atoms with van der Waals surface area (Å²) in [6.07, 6.45) is 1.94. The molecule has 0 radical (unpaired) electrons.